The van der Waals surface area contributed by atoms with Gasteiger partial charge in [-0.25, -0.2) is 9.97 Å². The van der Waals surface area contributed by atoms with Gasteiger partial charge in [0, 0.05) is 28.8 Å². The van der Waals surface area contributed by atoms with Crippen molar-refractivity contribution >= 4 is 17.0 Å². The third-order valence-corrected chi connectivity index (χ3v) is 2.80. The minimum atomic E-state index is -1.21. The van der Waals surface area contributed by atoms with Gasteiger partial charge < -0.3 is 9.90 Å². The molecule has 0 unspecified atom stereocenters. The maximum Gasteiger partial charge on any atom is 1.00 e. The van der Waals surface area contributed by atoms with Crippen molar-refractivity contribution < 1.29 is 39.5 Å². The van der Waals surface area contributed by atoms with Crippen LogP contribution in [0.1, 0.15) is 34.8 Å². The summed E-state index contributed by atoms with van der Waals surface area (Å²) in [5.41, 5.74) is 1.75. The molecule has 0 amide bonds. The monoisotopic (exact) mass is 236 g/mol. The van der Waals surface area contributed by atoms with Gasteiger partial charge >= 0.3 is 29.6 Å². The van der Waals surface area contributed by atoms with E-state index in [2.05, 4.69) is 9.97 Å². The van der Waals surface area contributed by atoms with Crippen LogP contribution in [0.5, 0.6) is 0 Å². The Morgan fingerprint density at radius 1 is 1.35 bits per heavy atom. The number of aromatic carboxylic acids is 1. The van der Waals surface area contributed by atoms with Crippen molar-refractivity contribution in [2.24, 2.45) is 0 Å². The van der Waals surface area contributed by atoms with E-state index >= 15 is 0 Å². The van der Waals surface area contributed by atoms with E-state index in [1.807, 2.05) is 12.1 Å². The van der Waals surface area contributed by atoms with Crippen molar-refractivity contribution in [1.29, 1.82) is 0 Å². The quantitative estimate of drug-likeness (QED) is 0.559. The van der Waals surface area contributed by atoms with E-state index < -0.39 is 5.97 Å². The topological polar surface area (TPSA) is 65.9 Å². The van der Waals surface area contributed by atoms with Crippen LogP contribution in [-0.2, 0) is 0 Å². The van der Waals surface area contributed by atoms with E-state index in [0.29, 0.717) is 11.6 Å². The van der Waals surface area contributed by atoms with Crippen LogP contribution in [0, 0.1) is 0 Å². The molecule has 0 bridgehead atoms. The van der Waals surface area contributed by atoms with E-state index in [0.717, 1.165) is 11.1 Å². The van der Waals surface area contributed by atoms with Crippen LogP contribution in [0.3, 0.4) is 0 Å². The molecule has 0 aliphatic heterocycles. The zero-order chi connectivity index (χ0) is 11.1. The molecule has 1 saturated carbocycles. The first-order chi connectivity index (χ1) is 7.74. The number of carbonyl (C=O) groups excluding carboxylic acids is 1. The third kappa shape index (κ3) is 2.49. The molecule has 5 heteroatoms. The molecule has 1 aliphatic carbocycles. The number of nitrogens with zero attached hydrogens (tertiary/aromatic N) is 2. The van der Waals surface area contributed by atoms with Crippen molar-refractivity contribution in [2.45, 2.75) is 18.8 Å². The van der Waals surface area contributed by atoms with Crippen LogP contribution >= 0.6 is 0 Å². The molecule has 3 rings (SSSR count). The van der Waals surface area contributed by atoms with Crippen LogP contribution in [-0.4, -0.2) is 15.9 Å². The summed E-state index contributed by atoms with van der Waals surface area (Å²) < 4.78 is 0. The van der Waals surface area contributed by atoms with Crippen LogP contribution in [0.25, 0.3) is 11.0 Å². The molecule has 17 heavy (non-hydrogen) atoms. The van der Waals surface area contributed by atoms with Gasteiger partial charge in [0.05, 0.1) is 5.97 Å². The molecule has 0 atom stereocenters. The van der Waals surface area contributed by atoms with Crippen LogP contribution in [0.4, 0.5) is 0 Å². The van der Waals surface area contributed by atoms with Crippen molar-refractivity contribution in [3.8, 4) is 0 Å². The first kappa shape index (κ1) is 12.5. The van der Waals surface area contributed by atoms with Crippen molar-refractivity contribution in [3.63, 3.8) is 0 Å². The molecule has 80 valence electrons. The SMILES string of the molecule is O=C([O-])c1cnc2nc(C3CC3)ccc2c1.[Na+]. The number of aromatic nitrogens is 2. The number of rotatable bonds is 2. The summed E-state index contributed by atoms with van der Waals surface area (Å²) in [5.74, 6) is -0.632. The Morgan fingerprint density at radius 3 is 2.76 bits per heavy atom. The number of pyridine rings is 2. The Hall–Kier alpha value is -0.970. The predicted octanol–water partition coefficient (Wildman–Crippen LogP) is -2.13. The fourth-order valence-electron chi connectivity index (χ4n) is 1.74. The van der Waals surface area contributed by atoms with Gasteiger partial charge in [-0.3, -0.25) is 0 Å². The summed E-state index contributed by atoms with van der Waals surface area (Å²) in [7, 11) is 0. The zero-order valence-corrected chi connectivity index (χ0v) is 11.5. The van der Waals surface area contributed by atoms with Gasteiger partial charge in [-0.2, -0.15) is 0 Å². The molecule has 0 saturated heterocycles. The number of hydrogen-bond acceptors (Lipinski definition) is 4. The average molecular weight is 236 g/mol. The van der Waals surface area contributed by atoms with Crippen molar-refractivity contribution in [1.82, 2.24) is 9.97 Å². The second kappa shape index (κ2) is 4.72. The van der Waals surface area contributed by atoms with E-state index in [9.17, 15) is 9.90 Å². The van der Waals surface area contributed by atoms with Gasteiger partial charge in [-0.1, -0.05) is 0 Å². The average Bonchev–Trinajstić information content (AvgIpc) is 3.11. The number of carboxylic acids is 1. The van der Waals surface area contributed by atoms with Crippen LogP contribution < -0.4 is 34.7 Å². The normalized spacial score (nSPS) is 14.4. The molecule has 4 nitrogen and oxygen atoms in total. The van der Waals surface area contributed by atoms with Gasteiger partial charge in [-0.05, 0) is 31.0 Å². The van der Waals surface area contributed by atoms with E-state index in [1.165, 1.54) is 19.0 Å². The number of carbonyl (C=O) groups is 1. The van der Waals surface area contributed by atoms with Gasteiger partial charge in [0.15, 0.2) is 5.65 Å². The fraction of sp³-hybridized carbons (Fsp3) is 0.250. The Labute approximate surface area is 120 Å². The predicted molar refractivity (Wildman–Crippen MR) is 55.8 cm³/mol. The van der Waals surface area contributed by atoms with Gasteiger partial charge in [0.1, 0.15) is 0 Å². The Kier molecular flexibility index (Phi) is 3.47. The second-order valence-corrected chi connectivity index (χ2v) is 4.07. The zero-order valence-electron chi connectivity index (χ0n) is 9.51. The molecule has 2 heterocycles. The van der Waals surface area contributed by atoms with Crippen LogP contribution in [0.2, 0.25) is 0 Å². The number of carboxylic acid groups (broad SMARTS) is 1. The molecular formula is C12H9N2NaO2. The smallest absolute Gasteiger partial charge is 0.545 e. The number of hydrogen-bond donors (Lipinski definition) is 0. The maximum absolute atomic E-state index is 10.7. The summed E-state index contributed by atoms with van der Waals surface area (Å²) in [6.45, 7) is 0. The Bertz CT molecular complexity index is 582. The molecule has 0 radical (unpaired) electrons. The van der Waals surface area contributed by atoms with Crippen molar-refractivity contribution in [2.75, 3.05) is 0 Å². The van der Waals surface area contributed by atoms with E-state index in [-0.39, 0.29) is 35.1 Å². The first-order valence-corrected chi connectivity index (χ1v) is 5.22. The Balaban J connectivity index is 0.00000108. The van der Waals surface area contributed by atoms with Crippen LogP contribution in [0.15, 0.2) is 24.4 Å². The molecule has 0 aromatic carbocycles. The molecule has 1 fully saturated rings. The summed E-state index contributed by atoms with van der Waals surface area (Å²) in [5, 5.41) is 11.4. The molecule has 0 spiro atoms. The number of fused-ring (bicyclic) bond motifs is 1. The van der Waals surface area contributed by atoms with Gasteiger partial charge in [-0.15, -0.1) is 0 Å². The van der Waals surface area contributed by atoms with Gasteiger partial charge in [0.2, 0.25) is 0 Å². The summed E-state index contributed by atoms with van der Waals surface area (Å²) in [6, 6.07) is 5.36. The molecule has 2 aromatic heterocycles. The first-order valence-electron chi connectivity index (χ1n) is 5.22. The maximum atomic E-state index is 10.7. The molecule has 2 aromatic rings. The molecular weight excluding hydrogens is 227 g/mol. The largest absolute Gasteiger partial charge is 1.00 e. The minimum Gasteiger partial charge on any atom is -0.545 e. The fourth-order valence-corrected chi connectivity index (χ4v) is 1.74. The standard InChI is InChI=1S/C12H10N2O2.Na/c15-12(16)9-5-8-3-4-10(7-1-2-7)14-11(8)13-6-9;/h3-7H,1-2H2,(H,15,16);/q;+1/p-1. The van der Waals surface area contributed by atoms with E-state index in [4.69, 9.17) is 0 Å². The second-order valence-electron chi connectivity index (χ2n) is 4.07. The molecule has 0 N–H and O–H groups in total. The molecule has 1 aliphatic rings. The van der Waals surface area contributed by atoms with Gasteiger partial charge in [0.25, 0.3) is 0 Å². The summed E-state index contributed by atoms with van der Waals surface area (Å²) in [6.07, 6.45) is 3.67. The van der Waals surface area contributed by atoms with Crippen molar-refractivity contribution in [3.05, 3.63) is 35.7 Å². The Morgan fingerprint density at radius 2 is 2.12 bits per heavy atom. The van der Waals surface area contributed by atoms with E-state index in [1.54, 1.807) is 6.07 Å². The minimum absolute atomic E-state index is 0. The third-order valence-electron chi connectivity index (χ3n) is 2.80. The summed E-state index contributed by atoms with van der Waals surface area (Å²) >= 11 is 0. The summed E-state index contributed by atoms with van der Waals surface area (Å²) in [4.78, 5) is 19.1.